The summed E-state index contributed by atoms with van der Waals surface area (Å²) in [6.07, 6.45) is -7.89. The van der Waals surface area contributed by atoms with Gasteiger partial charge in [-0.1, -0.05) is 0 Å². The normalized spacial score (nSPS) is 12.1. The molecule has 1 aromatic rings. The Labute approximate surface area is 81.7 Å². The fourth-order valence-electron chi connectivity index (χ4n) is 1.14. The molecule has 0 heterocycles. The fraction of sp³-hybridized carbons (Fsp3) is 0.250. The predicted octanol–water partition coefficient (Wildman–Crippen LogP) is 2.81. The molecule has 0 aliphatic heterocycles. The lowest BCUT2D eigenvalue weighted by Gasteiger charge is -2.14. The van der Waals surface area contributed by atoms with Gasteiger partial charge in [0.1, 0.15) is 0 Å². The molecule has 0 radical (unpaired) electrons. The first-order valence-electron chi connectivity index (χ1n) is 3.78. The van der Waals surface area contributed by atoms with Crippen LogP contribution in [0.5, 0.6) is 0 Å². The van der Waals surface area contributed by atoms with Gasteiger partial charge in [-0.25, -0.2) is 8.78 Å². The molecule has 0 aliphatic rings. The van der Waals surface area contributed by atoms with Crippen molar-refractivity contribution in [1.82, 2.24) is 0 Å². The van der Waals surface area contributed by atoms with Gasteiger partial charge in [0.25, 0.3) is 6.43 Å². The topological polar surface area (TPSA) is 52.0 Å². The van der Waals surface area contributed by atoms with E-state index >= 15 is 0 Å². The molecule has 0 saturated heterocycles. The molecule has 0 saturated carbocycles. The van der Waals surface area contributed by atoms with E-state index in [1.54, 1.807) is 0 Å². The second kappa shape index (κ2) is 3.56. The third-order valence-electron chi connectivity index (χ3n) is 1.84. The number of hydrogen-bond acceptors (Lipinski definition) is 2. The maximum atomic E-state index is 12.3. The number of benzene rings is 1. The van der Waals surface area contributed by atoms with Crippen molar-refractivity contribution in [2.75, 3.05) is 11.5 Å². The van der Waals surface area contributed by atoms with Gasteiger partial charge in [0.05, 0.1) is 16.8 Å². The Hall–Kier alpha value is -1.53. The predicted molar refractivity (Wildman–Crippen MR) is 45.2 cm³/mol. The average Bonchev–Trinajstić information content (AvgIpc) is 2.00. The Bertz CT molecular complexity index is 372. The minimum absolute atomic E-state index is 0.449. The standard InChI is InChI=1S/C8H7F5N2/c9-7(10)5-4(14)2-1-3(6(5)15)8(11,12)13/h1-2,7H,14-15H2. The summed E-state index contributed by atoms with van der Waals surface area (Å²) in [7, 11) is 0. The van der Waals surface area contributed by atoms with E-state index in [-0.39, 0.29) is 0 Å². The Morgan fingerprint density at radius 1 is 1.07 bits per heavy atom. The van der Waals surface area contributed by atoms with E-state index < -0.39 is 35.1 Å². The third kappa shape index (κ3) is 2.11. The number of rotatable bonds is 1. The van der Waals surface area contributed by atoms with Gasteiger partial charge < -0.3 is 11.5 Å². The number of alkyl halides is 5. The zero-order valence-electron chi connectivity index (χ0n) is 7.28. The van der Waals surface area contributed by atoms with E-state index in [0.29, 0.717) is 6.07 Å². The summed E-state index contributed by atoms with van der Waals surface area (Å²) in [5.41, 5.74) is 6.37. The minimum Gasteiger partial charge on any atom is -0.398 e. The van der Waals surface area contributed by atoms with Crippen LogP contribution in [-0.2, 0) is 6.18 Å². The molecule has 0 fully saturated rings. The summed E-state index contributed by atoms with van der Waals surface area (Å²) in [6.45, 7) is 0. The van der Waals surface area contributed by atoms with Crippen molar-refractivity contribution < 1.29 is 22.0 Å². The van der Waals surface area contributed by atoms with E-state index in [1.165, 1.54) is 0 Å². The maximum Gasteiger partial charge on any atom is 0.418 e. The fourth-order valence-corrected chi connectivity index (χ4v) is 1.14. The first-order chi connectivity index (χ1) is 6.75. The van der Waals surface area contributed by atoms with Crippen molar-refractivity contribution in [2.45, 2.75) is 12.6 Å². The van der Waals surface area contributed by atoms with Crippen LogP contribution in [0.1, 0.15) is 17.6 Å². The molecule has 1 rings (SSSR count). The van der Waals surface area contributed by atoms with Crippen molar-refractivity contribution in [3.05, 3.63) is 23.3 Å². The van der Waals surface area contributed by atoms with Crippen molar-refractivity contribution in [2.24, 2.45) is 0 Å². The second-order valence-corrected chi connectivity index (χ2v) is 2.83. The van der Waals surface area contributed by atoms with Crippen LogP contribution in [0.4, 0.5) is 33.3 Å². The molecular weight excluding hydrogens is 219 g/mol. The van der Waals surface area contributed by atoms with Crippen LogP contribution in [0.2, 0.25) is 0 Å². The number of nitrogen functional groups attached to an aromatic ring is 2. The van der Waals surface area contributed by atoms with Gasteiger partial charge in [-0.05, 0) is 12.1 Å². The van der Waals surface area contributed by atoms with E-state index in [2.05, 4.69) is 0 Å². The van der Waals surface area contributed by atoms with Crippen LogP contribution in [-0.4, -0.2) is 0 Å². The third-order valence-corrected chi connectivity index (χ3v) is 1.84. The highest BCUT2D eigenvalue weighted by molar-refractivity contribution is 5.66. The van der Waals surface area contributed by atoms with Gasteiger partial charge in [-0.3, -0.25) is 0 Å². The van der Waals surface area contributed by atoms with E-state index in [4.69, 9.17) is 11.5 Å². The summed E-state index contributed by atoms with van der Waals surface area (Å²) >= 11 is 0. The minimum atomic E-state index is -4.76. The van der Waals surface area contributed by atoms with Crippen LogP contribution in [0.25, 0.3) is 0 Å². The molecule has 84 valence electrons. The Morgan fingerprint density at radius 3 is 2.00 bits per heavy atom. The molecule has 0 aromatic heterocycles. The molecule has 4 N–H and O–H groups in total. The maximum absolute atomic E-state index is 12.3. The monoisotopic (exact) mass is 226 g/mol. The number of halogens is 5. The van der Waals surface area contributed by atoms with Crippen molar-refractivity contribution >= 4 is 11.4 Å². The van der Waals surface area contributed by atoms with E-state index in [1.807, 2.05) is 0 Å². The summed E-state index contributed by atoms with van der Waals surface area (Å²) in [4.78, 5) is 0. The highest BCUT2D eigenvalue weighted by Gasteiger charge is 2.35. The first kappa shape index (κ1) is 11.5. The van der Waals surface area contributed by atoms with Crippen LogP contribution < -0.4 is 11.5 Å². The first-order valence-corrected chi connectivity index (χ1v) is 3.78. The van der Waals surface area contributed by atoms with Crippen LogP contribution in [0.15, 0.2) is 12.1 Å². The molecule has 0 spiro atoms. The van der Waals surface area contributed by atoms with Crippen LogP contribution in [0, 0.1) is 0 Å². The lowest BCUT2D eigenvalue weighted by atomic mass is 10.1. The lowest BCUT2D eigenvalue weighted by Crippen LogP contribution is -2.12. The molecule has 7 heteroatoms. The summed E-state index contributed by atoms with van der Waals surface area (Å²) in [6, 6.07) is 1.34. The molecule has 0 atom stereocenters. The molecule has 15 heavy (non-hydrogen) atoms. The number of nitrogens with two attached hydrogens (primary N) is 2. The van der Waals surface area contributed by atoms with Crippen molar-refractivity contribution in [1.29, 1.82) is 0 Å². The van der Waals surface area contributed by atoms with Crippen LogP contribution >= 0.6 is 0 Å². The van der Waals surface area contributed by atoms with Gasteiger partial charge >= 0.3 is 6.18 Å². The molecule has 0 bridgehead atoms. The van der Waals surface area contributed by atoms with Gasteiger partial charge in [-0.15, -0.1) is 0 Å². The summed E-state index contributed by atoms with van der Waals surface area (Å²) in [5.74, 6) is 0. The average molecular weight is 226 g/mol. The van der Waals surface area contributed by atoms with Gasteiger partial charge in [0.15, 0.2) is 0 Å². The summed E-state index contributed by atoms with van der Waals surface area (Å²) in [5, 5.41) is 0. The van der Waals surface area contributed by atoms with Crippen molar-refractivity contribution in [3.63, 3.8) is 0 Å². The van der Waals surface area contributed by atoms with Crippen LogP contribution in [0.3, 0.4) is 0 Å². The SMILES string of the molecule is Nc1ccc(C(F)(F)F)c(N)c1C(F)F. The number of anilines is 2. The Morgan fingerprint density at radius 2 is 1.60 bits per heavy atom. The van der Waals surface area contributed by atoms with Crippen molar-refractivity contribution in [3.8, 4) is 0 Å². The zero-order chi connectivity index (χ0) is 11.8. The highest BCUT2D eigenvalue weighted by Crippen LogP contribution is 2.40. The van der Waals surface area contributed by atoms with E-state index in [0.717, 1.165) is 6.07 Å². The molecular formula is C8H7F5N2. The van der Waals surface area contributed by atoms with Gasteiger partial charge in [-0.2, -0.15) is 13.2 Å². The Kier molecular flexibility index (Phi) is 2.74. The molecule has 1 aromatic carbocycles. The number of hydrogen-bond donors (Lipinski definition) is 2. The molecule has 0 aliphatic carbocycles. The molecule has 0 unspecified atom stereocenters. The molecule has 2 nitrogen and oxygen atoms in total. The lowest BCUT2D eigenvalue weighted by molar-refractivity contribution is -0.137. The summed E-state index contributed by atoms with van der Waals surface area (Å²) < 4.78 is 61.4. The quantitative estimate of drug-likeness (QED) is 0.571. The largest absolute Gasteiger partial charge is 0.418 e. The Balaban J connectivity index is 3.42. The second-order valence-electron chi connectivity index (χ2n) is 2.83. The zero-order valence-corrected chi connectivity index (χ0v) is 7.28. The smallest absolute Gasteiger partial charge is 0.398 e. The van der Waals surface area contributed by atoms with E-state index in [9.17, 15) is 22.0 Å². The molecule has 0 amide bonds. The highest BCUT2D eigenvalue weighted by atomic mass is 19.4. The van der Waals surface area contributed by atoms with Gasteiger partial charge in [0.2, 0.25) is 0 Å². The van der Waals surface area contributed by atoms with Gasteiger partial charge in [0, 0.05) is 5.69 Å².